The zero-order valence-corrected chi connectivity index (χ0v) is 9.19. The summed E-state index contributed by atoms with van der Waals surface area (Å²) in [4.78, 5) is 18.3. The summed E-state index contributed by atoms with van der Waals surface area (Å²) in [5, 5.41) is 3.42. The average Bonchev–Trinajstić information content (AvgIpc) is 2.64. The number of rotatable bonds is 3. The fourth-order valence-electron chi connectivity index (χ4n) is 1.63. The van der Waals surface area contributed by atoms with Crippen LogP contribution in [0.25, 0.3) is 0 Å². The molecule has 1 heterocycles. The number of anilines is 2. The van der Waals surface area contributed by atoms with E-state index in [-0.39, 0.29) is 17.9 Å². The highest BCUT2D eigenvalue weighted by atomic mass is 35.5. The molecule has 1 aliphatic rings. The van der Waals surface area contributed by atoms with E-state index in [0.717, 1.165) is 12.7 Å². The standard InChI is InChI=1S/C10H11ClN4O/c11-8-4-9(15-10(12)14-8)13-7-2-1-6(3-7)5-16/h1-2,4-7H,3H2,(H3,12,13,14,15)/t6?,7-/m0/s1. The fourth-order valence-corrected chi connectivity index (χ4v) is 1.82. The summed E-state index contributed by atoms with van der Waals surface area (Å²) in [7, 11) is 0. The van der Waals surface area contributed by atoms with Crippen LogP contribution in [0.2, 0.25) is 5.15 Å². The van der Waals surface area contributed by atoms with Gasteiger partial charge in [0, 0.05) is 18.0 Å². The smallest absolute Gasteiger partial charge is 0.223 e. The maximum atomic E-state index is 10.6. The highest BCUT2D eigenvalue weighted by Crippen LogP contribution is 2.20. The van der Waals surface area contributed by atoms with Crippen LogP contribution in [0.5, 0.6) is 0 Å². The van der Waals surface area contributed by atoms with Gasteiger partial charge in [0.25, 0.3) is 0 Å². The third-order valence-corrected chi connectivity index (χ3v) is 2.53. The average molecular weight is 239 g/mol. The Balaban J connectivity index is 2.05. The molecule has 0 saturated heterocycles. The molecule has 0 aromatic carbocycles. The van der Waals surface area contributed by atoms with Gasteiger partial charge in [-0.15, -0.1) is 0 Å². The first kappa shape index (κ1) is 10.9. The highest BCUT2D eigenvalue weighted by Gasteiger charge is 2.18. The predicted octanol–water partition coefficient (Wildman–Crippen LogP) is 1.27. The number of aldehydes is 1. The van der Waals surface area contributed by atoms with E-state index in [9.17, 15) is 4.79 Å². The van der Waals surface area contributed by atoms with E-state index in [4.69, 9.17) is 17.3 Å². The quantitative estimate of drug-likeness (QED) is 0.471. The molecule has 2 rings (SSSR count). The van der Waals surface area contributed by atoms with Gasteiger partial charge in [0.05, 0.1) is 0 Å². The van der Waals surface area contributed by atoms with Gasteiger partial charge in [0.1, 0.15) is 17.3 Å². The van der Waals surface area contributed by atoms with Crippen LogP contribution in [0.1, 0.15) is 6.42 Å². The molecule has 0 amide bonds. The van der Waals surface area contributed by atoms with Crippen molar-refractivity contribution in [3.05, 3.63) is 23.4 Å². The Morgan fingerprint density at radius 2 is 2.31 bits per heavy atom. The highest BCUT2D eigenvalue weighted by molar-refractivity contribution is 6.29. The van der Waals surface area contributed by atoms with Crippen molar-refractivity contribution in [3.8, 4) is 0 Å². The Morgan fingerprint density at radius 1 is 1.50 bits per heavy atom. The van der Waals surface area contributed by atoms with Crippen LogP contribution in [-0.4, -0.2) is 22.3 Å². The largest absolute Gasteiger partial charge is 0.368 e. The van der Waals surface area contributed by atoms with Gasteiger partial charge in [-0.3, -0.25) is 0 Å². The molecule has 0 spiro atoms. The van der Waals surface area contributed by atoms with Crippen LogP contribution in [0.4, 0.5) is 11.8 Å². The summed E-state index contributed by atoms with van der Waals surface area (Å²) in [5.74, 6) is 0.676. The maximum absolute atomic E-state index is 10.6. The lowest BCUT2D eigenvalue weighted by atomic mass is 10.1. The topological polar surface area (TPSA) is 80.9 Å². The molecule has 5 nitrogen and oxygen atoms in total. The van der Waals surface area contributed by atoms with E-state index >= 15 is 0 Å². The molecule has 84 valence electrons. The molecule has 16 heavy (non-hydrogen) atoms. The second-order valence-corrected chi connectivity index (χ2v) is 3.99. The van der Waals surface area contributed by atoms with Crippen LogP contribution in [-0.2, 0) is 4.79 Å². The van der Waals surface area contributed by atoms with Crippen molar-refractivity contribution in [2.45, 2.75) is 12.5 Å². The zero-order chi connectivity index (χ0) is 11.5. The van der Waals surface area contributed by atoms with Crippen molar-refractivity contribution >= 4 is 29.7 Å². The Kier molecular flexibility index (Phi) is 3.05. The molecule has 1 aromatic rings. The Bertz CT molecular complexity index is 415. The van der Waals surface area contributed by atoms with Gasteiger partial charge in [-0.05, 0) is 6.42 Å². The summed E-state index contributed by atoms with van der Waals surface area (Å²) >= 11 is 5.75. The SMILES string of the molecule is Nc1nc(Cl)cc(N[C@H]2C=CC(C=O)C2)n1. The first-order valence-corrected chi connectivity index (χ1v) is 5.25. The third-order valence-electron chi connectivity index (χ3n) is 2.34. The lowest BCUT2D eigenvalue weighted by molar-refractivity contribution is -0.109. The summed E-state index contributed by atoms with van der Waals surface area (Å²) in [5.41, 5.74) is 5.47. The first-order valence-electron chi connectivity index (χ1n) is 4.87. The summed E-state index contributed by atoms with van der Waals surface area (Å²) in [6.45, 7) is 0. The number of nitrogens with zero attached hydrogens (tertiary/aromatic N) is 2. The number of hydrogen-bond donors (Lipinski definition) is 2. The fraction of sp³-hybridized carbons (Fsp3) is 0.300. The first-order chi connectivity index (χ1) is 7.67. The van der Waals surface area contributed by atoms with E-state index in [2.05, 4.69) is 15.3 Å². The van der Waals surface area contributed by atoms with Crippen LogP contribution >= 0.6 is 11.6 Å². The molecule has 3 N–H and O–H groups in total. The van der Waals surface area contributed by atoms with Crippen molar-refractivity contribution in [2.75, 3.05) is 11.1 Å². The second kappa shape index (κ2) is 4.49. The molecular weight excluding hydrogens is 228 g/mol. The number of nitrogens with two attached hydrogens (primary N) is 1. The number of allylic oxidation sites excluding steroid dienone is 1. The predicted molar refractivity (Wildman–Crippen MR) is 62.2 cm³/mol. The lowest BCUT2D eigenvalue weighted by Gasteiger charge is -2.12. The van der Waals surface area contributed by atoms with Gasteiger partial charge in [-0.25, -0.2) is 4.98 Å². The van der Waals surface area contributed by atoms with Crippen LogP contribution in [0.3, 0.4) is 0 Å². The molecular formula is C10H11ClN4O. The van der Waals surface area contributed by atoms with Crippen molar-refractivity contribution in [3.63, 3.8) is 0 Å². The van der Waals surface area contributed by atoms with Crippen molar-refractivity contribution < 1.29 is 4.79 Å². The van der Waals surface area contributed by atoms with E-state index in [1.165, 1.54) is 0 Å². The van der Waals surface area contributed by atoms with E-state index in [1.54, 1.807) is 6.07 Å². The summed E-state index contributed by atoms with van der Waals surface area (Å²) in [6, 6.07) is 1.68. The van der Waals surface area contributed by atoms with E-state index in [0.29, 0.717) is 11.0 Å². The minimum Gasteiger partial charge on any atom is -0.368 e. The normalized spacial score (nSPS) is 23.3. The summed E-state index contributed by atoms with van der Waals surface area (Å²) in [6.07, 6.45) is 5.46. The molecule has 0 radical (unpaired) electrons. The zero-order valence-electron chi connectivity index (χ0n) is 8.43. The Morgan fingerprint density at radius 3 is 2.94 bits per heavy atom. The number of nitrogen functional groups attached to an aromatic ring is 1. The van der Waals surface area contributed by atoms with Crippen LogP contribution in [0.15, 0.2) is 18.2 Å². The van der Waals surface area contributed by atoms with Gasteiger partial charge >= 0.3 is 0 Å². The number of halogens is 1. The summed E-state index contributed by atoms with van der Waals surface area (Å²) < 4.78 is 0. The number of aromatic nitrogens is 2. The van der Waals surface area contributed by atoms with Crippen LogP contribution in [0, 0.1) is 5.92 Å². The van der Waals surface area contributed by atoms with Crippen LogP contribution < -0.4 is 11.1 Å². The number of nitrogens with one attached hydrogen (secondary N) is 1. The molecule has 0 saturated carbocycles. The van der Waals surface area contributed by atoms with E-state index < -0.39 is 0 Å². The number of carbonyl (C=O) groups excluding carboxylic acids is 1. The molecule has 0 aliphatic heterocycles. The molecule has 1 aromatic heterocycles. The minimum absolute atomic E-state index is 0.0212. The van der Waals surface area contributed by atoms with Gasteiger partial charge in [0.2, 0.25) is 5.95 Å². The van der Waals surface area contributed by atoms with Gasteiger partial charge < -0.3 is 15.8 Å². The van der Waals surface area contributed by atoms with Crippen molar-refractivity contribution in [2.24, 2.45) is 5.92 Å². The Hall–Kier alpha value is -1.62. The maximum Gasteiger partial charge on any atom is 0.223 e. The minimum atomic E-state index is -0.0212. The Labute approximate surface area is 97.7 Å². The van der Waals surface area contributed by atoms with Gasteiger partial charge in [0.15, 0.2) is 0 Å². The van der Waals surface area contributed by atoms with Crippen molar-refractivity contribution in [1.29, 1.82) is 0 Å². The molecule has 1 unspecified atom stereocenters. The monoisotopic (exact) mass is 238 g/mol. The lowest BCUT2D eigenvalue weighted by Crippen LogP contribution is -2.17. The van der Waals surface area contributed by atoms with Gasteiger partial charge in [-0.1, -0.05) is 23.8 Å². The molecule has 1 aliphatic carbocycles. The molecule has 6 heteroatoms. The molecule has 0 fully saturated rings. The van der Waals surface area contributed by atoms with Gasteiger partial charge in [-0.2, -0.15) is 4.98 Å². The third kappa shape index (κ3) is 2.49. The number of hydrogen-bond acceptors (Lipinski definition) is 5. The molecule has 0 bridgehead atoms. The second-order valence-electron chi connectivity index (χ2n) is 3.61. The number of carbonyl (C=O) groups is 1. The van der Waals surface area contributed by atoms with Crippen molar-refractivity contribution in [1.82, 2.24) is 9.97 Å². The molecule has 2 atom stereocenters. The van der Waals surface area contributed by atoms with E-state index in [1.807, 2.05) is 12.2 Å².